The number of hydrogen-bond acceptors (Lipinski definition) is 6. The molecular weight excluding hydrogens is 423 g/mol. The van der Waals surface area contributed by atoms with Gasteiger partial charge in [0.2, 0.25) is 0 Å². The first-order valence-corrected chi connectivity index (χ1v) is 9.29. The summed E-state index contributed by atoms with van der Waals surface area (Å²) in [5.74, 6) is -1.76. The van der Waals surface area contributed by atoms with Crippen molar-refractivity contribution >= 4 is 46.2 Å². The molecule has 0 fully saturated rings. The molecule has 0 aliphatic rings. The number of carbonyl (C=O) groups excluding carboxylic acids is 2. The number of ether oxygens (including phenoxy) is 1. The van der Waals surface area contributed by atoms with E-state index in [1.165, 1.54) is 24.3 Å². The van der Waals surface area contributed by atoms with Crippen LogP contribution in [0.5, 0.6) is 0 Å². The van der Waals surface area contributed by atoms with Gasteiger partial charge >= 0.3 is 5.97 Å². The van der Waals surface area contributed by atoms with Gasteiger partial charge in [0.05, 0.1) is 15.6 Å². The second kappa shape index (κ2) is 8.80. The zero-order valence-electron chi connectivity index (χ0n) is 14.6. The number of hydrogen-bond donors (Lipinski definition) is 1. The molecule has 1 amide bonds. The van der Waals surface area contributed by atoms with Crippen molar-refractivity contribution in [3.63, 3.8) is 0 Å². The van der Waals surface area contributed by atoms with E-state index in [-0.39, 0.29) is 27.1 Å². The monoisotopic (exact) mass is 434 g/mol. The summed E-state index contributed by atoms with van der Waals surface area (Å²) in [6, 6.07) is 12.6. The predicted molar refractivity (Wildman–Crippen MR) is 107 cm³/mol. The van der Waals surface area contributed by atoms with Crippen LogP contribution in [-0.2, 0) is 9.53 Å². The van der Waals surface area contributed by atoms with E-state index >= 15 is 0 Å². The first kappa shape index (κ1) is 20.4. The second-order valence-electron chi connectivity index (χ2n) is 5.72. The molecule has 148 valence electrons. The number of benzene rings is 2. The van der Waals surface area contributed by atoms with Crippen molar-refractivity contribution in [2.24, 2.45) is 0 Å². The molecule has 0 radical (unpaired) electrons. The lowest BCUT2D eigenvalue weighted by Gasteiger charge is -2.07. The number of nitrogens with zero attached hydrogens (tertiary/aromatic N) is 1. The fourth-order valence-corrected chi connectivity index (χ4v) is 3.40. The molecule has 3 aromatic rings. The predicted octanol–water partition coefficient (Wildman–Crippen LogP) is 4.91. The molecule has 0 aliphatic carbocycles. The Morgan fingerprint density at radius 3 is 2.55 bits per heavy atom. The largest absolute Gasteiger partial charge is 0.451 e. The van der Waals surface area contributed by atoms with Crippen LogP contribution in [0.1, 0.15) is 9.67 Å². The van der Waals surface area contributed by atoms with Crippen LogP contribution in [0.15, 0.2) is 54.6 Å². The molecule has 10 heteroatoms. The lowest BCUT2D eigenvalue weighted by molar-refractivity contribution is -0.384. The SMILES string of the molecule is O=C(COC(=O)c1ccc(-c2ccc(F)cc2)s1)Nc1cc([N+](=O)[O-])ccc1Cl. The van der Waals surface area contributed by atoms with Crippen LogP contribution < -0.4 is 5.32 Å². The lowest BCUT2D eigenvalue weighted by atomic mass is 10.2. The first-order valence-electron chi connectivity index (χ1n) is 8.10. The smallest absolute Gasteiger partial charge is 0.348 e. The summed E-state index contributed by atoms with van der Waals surface area (Å²) in [6.45, 7) is -0.596. The molecule has 1 aromatic heterocycles. The van der Waals surface area contributed by atoms with E-state index in [1.807, 2.05) is 0 Å². The number of esters is 1. The van der Waals surface area contributed by atoms with Crippen molar-refractivity contribution in [3.05, 3.63) is 80.4 Å². The third-order valence-electron chi connectivity index (χ3n) is 3.71. The summed E-state index contributed by atoms with van der Waals surface area (Å²) in [5, 5.41) is 13.3. The topological polar surface area (TPSA) is 98.5 Å². The fourth-order valence-electron chi connectivity index (χ4n) is 2.33. The minimum atomic E-state index is -0.705. The van der Waals surface area contributed by atoms with E-state index in [1.54, 1.807) is 24.3 Å². The third kappa shape index (κ3) is 5.15. The van der Waals surface area contributed by atoms with Gasteiger partial charge in [-0.3, -0.25) is 14.9 Å². The summed E-state index contributed by atoms with van der Waals surface area (Å²) in [7, 11) is 0. The Kier molecular flexibility index (Phi) is 6.20. The molecule has 7 nitrogen and oxygen atoms in total. The number of nitrogens with one attached hydrogen (secondary N) is 1. The maximum atomic E-state index is 13.0. The Hall–Kier alpha value is -3.30. The highest BCUT2D eigenvalue weighted by molar-refractivity contribution is 7.17. The van der Waals surface area contributed by atoms with Crippen molar-refractivity contribution in [2.45, 2.75) is 0 Å². The molecule has 0 saturated heterocycles. The van der Waals surface area contributed by atoms with Gasteiger partial charge < -0.3 is 10.1 Å². The molecule has 3 rings (SSSR count). The quantitative estimate of drug-likeness (QED) is 0.337. The summed E-state index contributed by atoms with van der Waals surface area (Å²) in [6.07, 6.45) is 0. The van der Waals surface area contributed by atoms with Crippen LogP contribution in [0.2, 0.25) is 5.02 Å². The van der Waals surface area contributed by atoms with E-state index in [9.17, 15) is 24.1 Å². The highest BCUT2D eigenvalue weighted by Crippen LogP contribution is 2.29. The number of carbonyl (C=O) groups is 2. The number of rotatable bonds is 6. The average Bonchev–Trinajstić information content (AvgIpc) is 3.18. The van der Waals surface area contributed by atoms with Crippen molar-refractivity contribution < 1.29 is 23.6 Å². The van der Waals surface area contributed by atoms with Crippen LogP contribution in [0, 0.1) is 15.9 Å². The summed E-state index contributed by atoms with van der Waals surface area (Å²) < 4.78 is 18.0. The summed E-state index contributed by atoms with van der Waals surface area (Å²) >= 11 is 7.05. The standard InChI is InChI=1S/C19H12ClFN2O5S/c20-14-6-5-13(23(26)27)9-15(14)22-18(24)10-28-19(25)17-8-7-16(29-17)11-1-3-12(21)4-2-11/h1-9H,10H2,(H,22,24). The minimum Gasteiger partial charge on any atom is -0.451 e. The number of amides is 1. The Balaban J connectivity index is 1.59. The van der Waals surface area contributed by atoms with Crippen LogP contribution in [-0.4, -0.2) is 23.4 Å². The van der Waals surface area contributed by atoms with E-state index in [0.717, 1.165) is 27.8 Å². The van der Waals surface area contributed by atoms with Crippen molar-refractivity contribution in [1.82, 2.24) is 0 Å². The van der Waals surface area contributed by atoms with Gasteiger partial charge in [0.25, 0.3) is 11.6 Å². The summed E-state index contributed by atoms with van der Waals surface area (Å²) in [4.78, 5) is 35.3. The van der Waals surface area contributed by atoms with Gasteiger partial charge in [0, 0.05) is 17.0 Å². The normalized spacial score (nSPS) is 10.4. The molecule has 0 atom stereocenters. The average molecular weight is 435 g/mol. The van der Waals surface area contributed by atoms with E-state index < -0.39 is 23.4 Å². The van der Waals surface area contributed by atoms with Gasteiger partial charge in [-0.1, -0.05) is 23.7 Å². The Labute approximate surface area is 172 Å². The van der Waals surface area contributed by atoms with Crippen LogP contribution >= 0.6 is 22.9 Å². The summed E-state index contributed by atoms with van der Waals surface area (Å²) in [5.41, 5.74) is 0.541. The van der Waals surface area contributed by atoms with Gasteiger partial charge in [0.15, 0.2) is 6.61 Å². The molecule has 1 heterocycles. The van der Waals surface area contributed by atoms with Crippen molar-refractivity contribution in [1.29, 1.82) is 0 Å². The number of halogens is 2. The Bertz CT molecular complexity index is 1080. The van der Waals surface area contributed by atoms with Crippen molar-refractivity contribution in [3.8, 4) is 10.4 Å². The molecule has 0 spiro atoms. The molecule has 0 bridgehead atoms. The highest BCUT2D eigenvalue weighted by Gasteiger charge is 2.16. The Morgan fingerprint density at radius 1 is 1.14 bits per heavy atom. The van der Waals surface area contributed by atoms with Crippen LogP contribution in [0.25, 0.3) is 10.4 Å². The van der Waals surface area contributed by atoms with Gasteiger partial charge in [0.1, 0.15) is 10.7 Å². The molecule has 0 unspecified atom stereocenters. The third-order valence-corrected chi connectivity index (χ3v) is 5.15. The van der Waals surface area contributed by atoms with E-state index in [4.69, 9.17) is 16.3 Å². The van der Waals surface area contributed by atoms with Gasteiger partial charge in [-0.15, -0.1) is 11.3 Å². The Morgan fingerprint density at radius 2 is 1.86 bits per heavy atom. The highest BCUT2D eigenvalue weighted by atomic mass is 35.5. The van der Waals surface area contributed by atoms with E-state index in [0.29, 0.717) is 0 Å². The second-order valence-corrected chi connectivity index (χ2v) is 7.21. The van der Waals surface area contributed by atoms with Crippen LogP contribution in [0.4, 0.5) is 15.8 Å². The molecule has 29 heavy (non-hydrogen) atoms. The minimum absolute atomic E-state index is 0.0386. The lowest BCUT2D eigenvalue weighted by Crippen LogP contribution is -2.20. The molecule has 0 aliphatic heterocycles. The number of nitro groups is 1. The molecule has 0 saturated carbocycles. The van der Waals surface area contributed by atoms with E-state index in [2.05, 4.69) is 5.32 Å². The number of thiophene rings is 1. The number of anilines is 1. The van der Waals surface area contributed by atoms with Crippen LogP contribution in [0.3, 0.4) is 0 Å². The number of non-ortho nitro benzene ring substituents is 1. The zero-order chi connectivity index (χ0) is 21.0. The number of nitro benzene ring substituents is 1. The van der Waals surface area contributed by atoms with Gasteiger partial charge in [-0.2, -0.15) is 0 Å². The van der Waals surface area contributed by atoms with Gasteiger partial charge in [-0.25, -0.2) is 9.18 Å². The first-order chi connectivity index (χ1) is 13.8. The van der Waals surface area contributed by atoms with Crippen molar-refractivity contribution in [2.75, 3.05) is 11.9 Å². The molecule has 2 aromatic carbocycles. The van der Waals surface area contributed by atoms with Gasteiger partial charge in [-0.05, 0) is 35.9 Å². The molecule has 1 N–H and O–H groups in total. The fraction of sp³-hybridized carbons (Fsp3) is 0.0526. The zero-order valence-corrected chi connectivity index (χ0v) is 16.1. The maximum absolute atomic E-state index is 13.0. The maximum Gasteiger partial charge on any atom is 0.348 e. The molecular formula is C19H12ClFN2O5S.